The Morgan fingerprint density at radius 3 is 2.67 bits per heavy atom. The number of rotatable bonds is 4. The van der Waals surface area contributed by atoms with Crippen LogP contribution in [-0.4, -0.2) is 59.6 Å². The quantitative estimate of drug-likeness (QED) is 0.742. The van der Waals surface area contributed by atoms with Crippen molar-refractivity contribution in [2.24, 2.45) is 0 Å². The van der Waals surface area contributed by atoms with Crippen LogP contribution in [0.3, 0.4) is 0 Å². The van der Waals surface area contributed by atoms with Gasteiger partial charge in [-0.15, -0.1) is 0 Å². The minimum absolute atomic E-state index is 0.281. The van der Waals surface area contributed by atoms with Gasteiger partial charge in [-0.05, 0) is 32.4 Å². The highest BCUT2D eigenvalue weighted by Crippen LogP contribution is 2.27. The summed E-state index contributed by atoms with van der Waals surface area (Å²) in [6.45, 7) is 5.16. The molecule has 0 aromatic rings. The molecule has 1 aliphatic heterocycles. The van der Waals surface area contributed by atoms with Crippen LogP contribution in [0.25, 0.3) is 0 Å². The standard InChI is InChI=1S/C11H20N2O2/c14-11(15)4-7-12-5-1-6-13(9-8-12)10-2-3-10/h10H,1-9H2,(H,14,15). The molecule has 1 saturated heterocycles. The fourth-order valence-corrected chi connectivity index (χ4v) is 2.27. The van der Waals surface area contributed by atoms with Crippen molar-refractivity contribution in [1.82, 2.24) is 9.80 Å². The van der Waals surface area contributed by atoms with Crippen LogP contribution in [0.4, 0.5) is 0 Å². The second kappa shape index (κ2) is 4.94. The van der Waals surface area contributed by atoms with Crippen LogP contribution >= 0.6 is 0 Å². The first-order chi connectivity index (χ1) is 7.25. The van der Waals surface area contributed by atoms with Gasteiger partial charge in [0.15, 0.2) is 0 Å². The van der Waals surface area contributed by atoms with Crippen molar-refractivity contribution in [1.29, 1.82) is 0 Å². The van der Waals surface area contributed by atoms with Gasteiger partial charge in [0.1, 0.15) is 0 Å². The fraction of sp³-hybridized carbons (Fsp3) is 0.909. The summed E-state index contributed by atoms with van der Waals surface area (Å²) in [5.41, 5.74) is 0. The van der Waals surface area contributed by atoms with Gasteiger partial charge in [0.05, 0.1) is 6.42 Å². The Hall–Kier alpha value is -0.610. The maximum atomic E-state index is 10.5. The summed E-state index contributed by atoms with van der Waals surface area (Å²) in [4.78, 5) is 15.3. The van der Waals surface area contributed by atoms with E-state index in [9.17, 15) is 4.79 Å². The fourth-order valence-electron chi connectivity index (χ4n) is 2.27. The number of hydrogen-bond acceptors (Lipinski definition) is 3. The molecule has 0 aromatic carbocycles. The van der Waals surface area contributed by atoms with Gasteiger partial charge in [-0.1, -0.05) is 0 Å². The van der Waals surface area contributed by atoms with E-state index in [2.05, 4.69) is 9.80 Å². The smallest absolute Gasteiger partial charge is 0.304 e. The van der Waals surface area contributed by atoms with Crippen molar-refractivity contribution >= 4 is 5.97 Å². The van der Waals surface area contributed by atoms with E-state index in [0.29, 0.717) is 6.54 Å². The Bertz CT molecular complexity index is 229. The molecule has 15 heavy (non-hydrogen) atoms. The first-order valence-electron chi connectivity index (χ1n) is 5.94. The van der Waals surface area contributed by atoms with E-state index in [4.69, 9.17) is 5.11 Å². The van der Waals surface area contributed by atoms with E-state index < -0.39 is 5.97 Å². The third-order valence-corrected chi connectivity index (χ3v) is 3.33. The molecule has 2 aliphatic rings. The van der Waals surface area contributed by atoms with E-state index in [0.717, 1.165) is 25.7 Å². The van der Waals surface area contributed by atoms with Crippen LogP contribution in [0.2, 0.25) is 0 Å². The summed E-state index contributed by atoms with van der Waals surface area (Å²) in [6.07, 6.45) is 4.21. The van der Waals surface area contributed by atoms with Crippen LogP contribution in [0.1, 0.15) is 25.7 Å². The molecule has 0 aromatic heterocycles. The van der Waals surface area contributed by atoms with Crippen LogP contribution in [0.15, 0.2) is 0 Å². The Labute approximate surface area is 90.9 Å². The van der Waals surface area contributed by atoms with Crippen molar-refractivity contribution in [3.05, 3.63) is 0 Å². The van der Waals surface area contributed by atoms with Crippen molar-refractivity contribution in [2.45, 2.75) is 31.7 Å². The van der Waals surface area contributed by atoms with Crippen molar-refractivity contribution in [3.8, 4) is 0 Å². The predicted octanol–water partition coefficient (Wildman–Crippen LogP) is 0.631. The second-order valence-corrected chi connectivity index (χ2v) is 4.61. The maximum Gasteiger partial charge on any atom is 0.304 e. The lowest BCUT2D eigenvalue weighted by atomic mass is 10.3. The van der Waals surface area contributed by atoms with Crippen LogP contribution in [0, 0.1) is 0 Å². The summed E-state index contributed by atoms with van der Waals surface area (Å²) in [7, 11) is 0. The zero-order chi connectivity index (χ0) is 10.7. The predicted molar refractivity (Wildman–Crippen MR) is 57.9 cm³/mol. The Morgan fingerprint density at radius 2 is 2.00 bits per heavy atom. The van der Waals surface area contributed by atoms with Crippen molar-refractivity contribution < 1.29 is 9.90 Å². The van der Waals surface area contributed by atoms with E-state index in [1.807, 2.05) is 0 Å². The van der Waals surface area contributed by atoms with Gasteiger partial charge in [0, 0.05) is 25.7 Å². The number of carboxylic acids is 1. The van der Waals surface area contributed by atoms with Crippen molar-refractivity contribution in [3.63, 3.8) is 0 Å². The lowest BCUT2D eigenvalue weighted by Gasteiger charge is -2.20. The van der Waals surface area contributed by atoms with E-state index in [1.165, 1.54) is 25.8 Å². The minimum Gasteiger partial charge on any atom is -0.481 e. The molecule has 4 heteroatoms. The Morgan fingerprint density at radius 1 is 1.20 bits per heavy atom. The van der Waals surface area contributed by atoms with E-state index in [-0.39, 0.29) is 6.42 Å². The lowest BCUT2D eigenvalue weighted by molar-refractivity contribution is -0.137. The van der Waals surface area contributed by atoms with E-state index in [1.54, 1.807) is 0 Å². The average Bonchev–Trinajstić information content (AvgIpc) is 3.01. The molecule has 86 valence electrons. The average molecular weight is 212 g/mol. The Kier molecular flexibility index (Phi) is 3.59. The largest absolute Gasteiger partial charge is 0.481 e. The molecule has 1 aliphatic carbocycles. The second-order valence-electron chi connectivity index (χ2n) is 4.61. The van der Waals surface area contributed by atoms with Gasteiger partial charge in [0.25, 0.3) is 0 Å². The molecule has 0 atom stereocenters. The van der Waals surface area contributed by atoms with Crippen LogP contribution in [0.5, 0.6) is 0 Å². The lowest BCUT2D eigenvalue weighted by Crippen LogP contribution is -2.33. The van der Waals surface area contributed by atoms with E-state index >= 15 is 0 Å². The van der Waals surface area contributed by atoms with Gasteiger partial charge >= 0.3 is 5.97 Å². The maximum absolute atomic E-state index is 10.5. The molecule has 0 spiro atoms. The highest BCUT2D eigenvalue weighted by atomic mass is 16.4. The molecule has 0 unspecified atom stereocenters. The van der Waals surface area contributed by atoms with Crippen LogP contribution < -0.4 is 0 Å². The minimum atomic E-state index is -0.682. The highest BCUT2D eigenvalue weighted by molar-refractivity contribution is 5.66. The molecule has 0 amide bonds. The summed E-state index contributed by atoms with van der Waals surface area (Å²) in [5, 5.41) is 8.63. The molecule has 2 rings (SSSR count). The first kappa shape index (κ1) is 10.9. The highest BCUT2D eigenvalue weighted by Gasteiger charge is 2.29. The summed E-state index contributed by atoms with van der Waals surface area (Å²) in [6, 6.07) is 0.851. The zero-order valence-corrected chi connectivity index (χ0v) is 9.19. The van der Waals surface area contributed by atoms with Crippen molar-refractivity contribution in [2.75, 3.05) is 32.7 Å². The molecule has 0 bridgehead atoms. The first-order valence-corrected chi connectivity index (χ1v) is 5.94. The molecule has 0 radical (unpaired) electrons. The van der Waals surface area contributed by atoms with Gasteiger partial charge in [-0.2, -0.15) is 0 Å². The van der Waals surface area contributed by atoms with Gasteiger partial charge in [-0.3, -0.25) is 9.69 Å². The number of nitrogens with zero attached hydrogens (tertiary/aromatic N) is 2. The third-order valence-electron chi connectivity index (χ3n) is 3.33. The molecule has 1 heterocycles. The normalized spacial score (nSPS) is 25.1. The number of aliphatic carboxylic acids is 1. The molecular weight excluding hydrogens is 192 g/mol. The SMILES string of the molecule is O=C(O)CCN1CCCN(C2CC2)CC1. The summed E-state index contributed by atoms with van der Waals surface area (Å²) in [5.74, 6) is -0.682. The van der Waals surface area contributed by atoms with Crippen LogP contribution in [-0.2, 0) is 4.79 Å². The molecular formula is C11H20N2O2. The number of carbonyl (C=O) groups is 1. The third kappa shape index (κ3) is 3.47. The molecule has 1 N–H and O–H groups in total. The molecule has 4 nitrogen and oxygen atoms in total. The number of hydrogen-bond donors (Lipinski definition) is 1. The zero-order valence-electron chi connectivity index (χ0n) is 9.19. The summed E-state index contributed by atoms with van der Waals surface area (Å²) >= 11 is 0. The van der Waals surface area contributed by atoms with Gasteiger partial charge in [0.2, 0.25) is 0 Å². The van der Waals surface area contributed by atoms with Gasteiger partial charge < -0.3 is 10.0 Å². The number of carboxylic acid groups (broad SMARTS) is 1. The van der Waals surface area contributed by atoms with Gasteiger partial charge in [-0.25, -0.2) is 0 Å². The summed E-state index contributed by atoms with van der Waals surface area (Å²) < 4.78 is 0. The Balaban J connectivity index is 1.71. The molecule has 1 saturated carbocycles. The topological polar surface area (TPSA) is 43.8 Å². The molecule has 2 fully saturated rings. The monoisotopic (exact) mass is 212 g/mol.